The molecule has 0 atom stereocenters. The molecule has 118 valence electrons. The molecule has 0 amide bonds. The number of hydrogen-bond donors (Lipinski definition) is 0. The summed E-state index contributed by atoms with van der Waals surface area (Å²) < 4.78 is 10.3. The molecule has 2 aromatic carbocycles. The lowest BCUT2D eigenvalue weighted by Gasteiger charge is -2.11. The van der Waals surface area contributed by atoms with Gasteiger partial charge in [-0.2, -0.15) is 0 Å². The molecule has 0 unspecified atom stereocenters. The van der Waals surface area contributed by atoms with Gasteiger partial charge >= 0.3 is 11.6 Å². The van der Waals surface area contributed by atoms with E-state index in [0.29, 0.717) is 11.0 Å². The van der Waals surface area contributed by atoms with Crippen LogP contribution in [0.25, 0.3) is 32.6 Å². The van der Waals surface area contributed by atoms with Crippen LogP contribution in [0.2, 0.25) is 0 Å². The molecule has 0 aliphatic carbocycles. The van der Waals surface area contributed by atoms with E-state index in [1.807, 2.05) is 43.3 Å². The van der Waals surface area contributed by atoms with Crippen molar-refractivity contribution in [1.29, 1.82) is 0 Å². The van der Waals surface area contributed by atoms with Gasteiger partial charge in [0, 0.05) is 33.3 Å². The highest BCUT2D eigenvalue weighted by Gasteiger charge is 2.19. The fourth-order valence-corrected chi connectivity index (χ4v) is 3.07. The van der Waals surface area contributed by atoms with Crippen molar-refractivity contribution in [2.24, 2.45) is 0 Å². The number of methoxy groups -OCH3 is 1. The zero-order valence-electron chi connectivity index (χ0n) is 13.1. The van der Waals surface area contributed by atoms with Crippen LogP contribution in [0.5, 0.6) is 0 Å². The van der Waals surface area contributed by atoms with Crippen molar-refractivity contribution in [3.63, 3.8) is 0 Å². The van der Waals surface area contributed by atoms with Crippen LogP contribution in [0.15, 0.2) is 51.7 Å². The predicted octanol–water partition coefficient (Wildman–Crippen LogP) is 3.59. The number of benzene rings is 2. The number of aryl methyl sites for hydroxylation is 1. The molecular weight excluding hydrogens is 306 g/mol. The molecule has 5 heteroatoms. The van der Waals surface area contributed by atoms with Gasteiger partial charge in [0.05, 0.1) is 18.2 Å². The van der Waals surface area contributed by atoms with Gasteiger partial charge in [0.2, 0.25) is 0 Å². The first-order valence-corrected chi connectivity index (χ1v) is 7.44. The quantitative estimate of drug-likeness (QED) is 0.305. The molecule has 2 heterocycles. The molecule has 0 N–H and O–H groups in total. The van der Waals surface area contributed by atoms with Crippen molar-refractivity contribution in [1.82, 2.24) is 4.98 Å². The van der Waals surface area contributed by atoms with E-state index >= 15 is 0 Å². The minimum Gasteiger partial charge on any atom is -0.465 e. The molecule has 0 fully saturated rings. The molecular formula is C19H13NO4. The van der Waals surface area contributed by atoms with Gasteiger partial charge < -0.3 is 9.15 Å². The number of fused-ring (bicyclic) bond motifs is 6. The summed E-state index contributed by atoms with van der Waals surface area (Å²) in [6.45, 7) is 1.91. The van der Waals surface area contributed by atoms with Crippen molar-refractivity contribution >= 4 is 38.6 Å². The normalized spacial score (nSPS) is 11.2. The number of carbonyl (C=O) groups is 1. The first kappa shape index (κ1) is 14.4. The van der Waals surface area contributed by atoms with E-state index in [-0.39, 0.29) is 5.56 Å². The summed E-state index contributed by atoms with van der Waals surface area (Å²) in [6.07, 6.45) is 0. The SMILES string of the molecule is COC(=O)c1cc(=O)oc2c3ccccc3c3nc(C)ccc3c12. The fourth-order valence-electron chi connectivity index (χ4n) is 3.07. The van der Waals surface area contributed by atoms with Crippen molar-refractivity contribution < 1.29 is 13.9 Å². The van der Waals surface area contributed by atoms with Crippen LogP contribution in [-0.4, -0.2) is 18.1 Å². The molecule has 0 saturated carbocycles. The summed E-state index contributed by atoms with van der Waals surface area (Å²) in [7, 11) is 1.29. The summed E-state index contributed by atoms with van der Waals surface area (Å²) in [6, 6.07) is 12.5. The Morgan fingerprint density at radius 1 is 1.08 bits per heavy atom. The number of nitrogens with zero attached hydrogens (tertiary/aromatic N) is 1. The third-order valence-corrected chi connectivity index (χ3v) is 4.10. The van der Waals surface area contributed by atoms with E-state index in [0.717, 1.165) is 27.4 Å². The minimum atomic E-state index is -0.590. The van der Waals surface area contributed by atoms with Gasteiger partial charge in [-0.1, -0.05) is 30.3 Å². The number of hydrogen-bond acceptors (Lipinski definition) is 5. The third-order valence-electron chi connectivity index (χ3n) is 4.10. The number of ether oxygens (including phenoxy) is 1. The molecule has 2 aromatic heterocycles. The Hall–Kier alpha value is -3.21. The van der Waals surface area contributed by atoms with Crippen molar-refractivity contribution in [2.45, 2.75) is 6.92 Å². The number of esters is 1. The largest absolute Gasteiger partial charge is 0.465 e. The Morgan fingerprint density at radius 3 is 2.58 bits per heavy atom. The number of carbonyl (C=O) groups excluding carboxylic acids is 1. The van der Waals surface area contributed by atoms with Gasteiger partial charge in [0.1, 0.15) is 5.58 Å². The average molecular weight is 319 g/mol. The minimum absolute atomic E-state index is 0.185. The average Bonchev–Trinajstić information content (AvgIpc) is 2.60. The number of aromatic nitrogens is 1. The van der Waals surface area contributed by atoms with E-state index < -0.39 is 11.6 Å². The second-order valence-electron chi connectivity index (χ2n) is 5.57. The van der Waals surface area contributed by atoms with Gasteiger partial charge in [-0.15, -0.1) is 0 Å². The molecule has 0 saturated heterocycles. The number of pyridine rings is 1. The lowest BCUT2D eigenvalue weighted by Crippen LogP contribution is -2.09. The Morgan fingerprint density at radius 2 is 1.83 bits per heavy atom. The van der Waals surface area contributed by atoms with Crippen LogP contribution in [-0.2, 0) is 4.74 Å². The zero-order chi connectivity index (χ0) is 16.8. The van der Waals surface area contributed by atoms with Crippen molar-refractivity contribution in [3.05, 3.63) is 64.1 Å². The summed E-state index contributed by atoms with van der Waals surface area (Å²) in [5.74, 6) is -0.579. The maximum absolute atomic E-state index is 12.2. The zero-order valence-corrected chi connectivity index (χ0v) is 13.1. The van der Waals surface area contributed by atoms with Crippen LogP contribution in [0, 0.1) is 6.92 Å². The molecule has 4 rings (SSSR count). The lowest BCUT2D eigenvalue weighted by atomic mass is 9.98. The third kappa shape index (κ3) is 1.98. The molecule has 0 spiro atoms. The van der Waals surface area contributed by atoms with E-state index in [1.165, 1.54) is 13.2 Å². The highest BCUT2D eigenvalue weighted by molar-refractivity contribution is 6.26. The van der Waals surface area contributed by atoms with E-state index in [2.05, 4.69) is 4.98 Å². The Labute approximate surface area is 136 Å². The van der Waals surface area contributed by atoms with Gasteiger partial charge in [-0.25, -0.2) is 9.59 Å². The first-order chi connectivity index (χ1) is 11.6. The molecule has 5 nitrogen and oxygen atoms in total. The highest BCUT2D eigenvalue weighted by atomic mass is 16.5. The van der Waals surface area contributed by atoms with Crippen LogP contribution < -0.4 is 5.63 Å². The van der Waals surface area contributed by atoms with Crippen molar-refractivity contribution in [2.75, 3.05) is 7.11 Å². The topological polar surface area (TPSA) is 69.4 Å². The summed E-state index contributed by atoms with van der Waals surface area (Å²) in [5, 5.41) is 2.90. The lowest BCUT2D eigenvalue weighted by molar-refractivity contribution is 0.0602. The van der Waals surface area contributed by atoms with Gasteiger partial charge in [0.15, 0.2) is 0 Å². The predicted molar refractivity (Wildman–Crippen MR) is 91.4 cm³/mol. The maximum atomic E-state index is 12.2. The molecule has 0 bridgehead atoms. The van der Waals surface area contributed by atoms with Gasteiger partial charge in [-0.05, 0) is 13.0 Å². The van der Waals surface area contributed by atoms with Gasteiger partial charge in [0.25, 0.3) is 0 Å². The van der Waals surface area contributed by atoms with E-state index in [1.54, 1.807) is 0 Å². The molecule has 0 radical (unpaired) electrons. The molecule has 0 aliphatic rings. The molecule has 0 aliphatic heterocycles. The standard InChI is InChI=1S/C19H13NO4/c1-10-7-8-13-16-14(19(22)23-2)9-15(21)24-18(16)12-6-4-3-5-11(12)17(13)20-10/h3-9H,1-2H3. The van der Waals surface area contributed by atoms with Crippen LogP contribution in [0.3, 0.4) is 0 Å². The second kappa shape index (κ2) is 5.16. The Balaban J connectivity index is 2.40. The van der Waals surface area contributed by atoms with E-state index in [4.69, 9.17) is 9.15 Å². The van der Waals surface area contributed by atoms with Crippen LogP contribution in [0.1, 0.15) is 16.1 Å². The summed E-state index contributed by atoms with van der Waals surface area (Å²) in [5.41, 5.74) is 1.59. The van der Waals surface area contributed by atoms with Gasteiger partial charge in [-0.3, -0.25) is 4.98 Å². The monoisotopic (exact) mass is 319 g/mol. The second-order valence-corrected chi connectivity index (χ2v) is 5.57. The highest BCUT2D eigenvalue weighted by Crippen LogP contribution is 2.35. The number of rotatable bonds is 1. The Bertz CT molecular complexity index is 1190. The Kier molecular flexibility index (Phi) is 3.09. The maximum Gasteiger partial charge on any atom is 0.338 e. The molecule has 24 heavy (non-hydrogen) atoms. The van der Waals surface area contributed by atoms with Crippen LogP contribution >= 0.6 is 0 Å². The summed E-state index contributed by atoms with van der Waals surface area (Å²) >= 11 is 0. The van der Waals surface area contributed by atoms with E-state index in [9.17, 15) is 9.59 Å². The van der Waals surface area contributed by atoms with Crippen LogP contribution in [0.4, 0.5) is 0 Å². The fraction of sp³-hybridized carbons (Fsp3) is 0.105. The summed E-state index contributed by atoms with van der Waals surface area (Å²) in [4.78, 5) is 28.8. The molecule has 4 aromatic rings. The smallest absolute Gasteiger partial charge is 0.338 e. The first-order valence-electron chi connectivity index (χ1n) is 7.44. The van der Waals surface area contributed by atoms with Crippen molar-refractivity contribution in [3.8, 4) is 0 Å².